The molecule has 1 amide bonds. The van der Waals surface area contributed by atoms with E-state index in [0.29, 0.717) is 6.42 Å². The first-order valence-electron chi connectivity index (χ1n) is 6.53. The van der Waals surface area contributed by atoms with Crippen molar-refractivity contribution in [2.45, 2.75) is 64.3 Å². The molecule has 1 aliphatic carbocycles. The van der Waals surface area contributed by atoms with E-state index in [4.69, 9.17) is 5.73 Å². The summed E-state index contributed by atoms with van der Waals surface area (Å²) in [5, 5.41) is 3.44. The molecule has 0 spiro atoms. The maximum Gasteiger partial charge on any atom is 0.219 e. The number of hydrogen-bond acceptors (Lipinski definition) is 2. The zero-order chi connectivity index (χ0) is 12.0. The molecular formula is C13H26N2O. The van der Waals surface area contributed by atoms with Crippen molar-refractivity contribution >= 4 is 5.91 Å². The second-order valence-electron chi connectivity index (χ2n) is 5.75. The lowest BCUT2D eigenvalue weighted by Crippen LogP contribution is -2.43. The summed E-state index contributed by atoms with van der Waals surface area (Å²) in [7, 11) is 0. The highest BCUT2D eigenvalue weighted by molar-refractivity contribution is 5.74. The Morgan fingerprint density at radius 2 is 1.94 bits per heavy atom. The van der Waals surface area contributed by atoms with Gasteiger partial charge in [0, 0.05) is 12.0 Å². The molecule has 1 saturated carbocycles. The van der Waals surface area contributed by atoms with Crippen LogP contribution in [0.3, 0.4) is 0 Å². The maximum absolute atomic E-state index is 10.9. The molecule has 0 radical (unpaired) electrons. The third kappa shape index (κ3) is 5.50. The first-order chi connectivity index (χ1) is 7.49. The molecule has 3 N–H and O–H groups in total. The van der Waals surface area contributed by atoms with Crippen molar-refractivity contribution < 1.29 is 4.79 Å². The van der Waals surface area contributed by atoms with Crippen LogP contribution in [0.25, 0.3) is 0 Å². The third-order valence-electron chi connectivity index (χ3n) is 3.50. The van der Waals surface area contributed by atoms with Crippen molar-refractivity contribution in [2.24, 2.45) is 11.7 Å². The summed E-state index contributed by atoms with van der Waals surface area (Å²) < 4.78 is 0. The van der Waals surface area contributed by atoms with E-state index in [1.54, 1.807) is 0 Å². The van der Waals surface area contributed by atoms with Gasteiger partial charge >= 0.3 is 0 Å². The van der Waals surface area contributed by atoms with Gasteiger partial charge in [-0.1, -0.05) is 32.1 Å². The Kier molecular flexibility index (Phi) is 5.26. The molecule has 0 aromatic heterocycles. The highest BCUT2D eigenvalue weighted by Gasteiger charge is 2.20. The van der Waals surface area contributed by atoms with E-state index in [1.165, 1.54) is 38.5 Å². The SMILES string of the molecule is CC(C)(CC(N)=O)NCCC1CCCCC1. The van der Waals surface area contributed by atoms with Crippen LogP contribution in [-0.4, -0.2) is 18.0 Å². The lowest BCUT2D eigenvalue weighted by atomic mass is 9.87. The van der Waals surface area contributed by atoms with Crippen LogP contribution >= 0.6 is 0 Å². The first-order valence-corrected chi connectivity index (χ1v) is 6.53. The van der Waals surface area contributed by atoms with Gasteiger partial charge in [-0.2, -0.15) is 0 Å². The van der Waals surface area contributed by atoms with Gasteiger partial charge in [-0.3, -0.25) is 4.79 Å². The molecular weight excluding hydrogens is 200 g/mol. The fourth-order valence-corrected chi connectivity index (χ4v) is 2.59. The standard InChI is InChI=1S/C13H26N2O/c1-13(2,10-12(14)16)15-9-8-11-6-4-3-5-7-11/h11,15H,3-10H2,1-2H3,(H2,14,16). The smallest absolute Gasteiger partial charge is 0.219 e. The number of rotatable bonds is 6. The molecule has 0 aliphatic heterocycles. The molecule has 0 atom stereocenters. The molecule has 16 heavy (non-hydrogen) atoms. The molecule has 0 bridgehead atoms. The third-order valence-corrected chi connectivity index (χ3v) is 3.50. The highest BCUT2D eigenvalue weighted by Crippen LogP contribution is 2.26. The van der Waals surface area contributed by atoms with Crippen molar-refractivity contribution in [3.8, 4) is 0 Å². The van der Waals surface area contributed by atoms with Crippen LogP contribution in [0.15, 0.2) is 0 Å². The molecule has 0 aromatic carbocycles. The zero-order valence-corrected chi connectivity index (χ0v) is 10.7. The van der Waals surface area contributed by atoms with Crippen LogP contribution in [0.1, 0.15) is 58.8 Å². The van der Waals surface area contributed by atoms with Crippen molar-refractivity contribution in [1.82, 2.24) is 5.32 Å². The van der Waals surface area contributed by atoms with E-state index >= 15 is 0 Å². The second-order valence-corrected chi connectivity index (χ2v) is 5.75. The van der Waals surface area contributed by atoms with E-state index in [2.05, 4.69) is 5.32 Å². The van der Waals surface area contributed by atoms with Gasteiger partial charge in [0.25, 0.3) is 0 Å². The summed E-state index contributed by atoms with van der Waals surface area (Å²) in [5.74, 6) is 0.667. The molecule has 3 heteroatoms. The molecule has 1 rings (SSSR count). The minimum Gasteiger partial charge on any atom is -0.370 e. The van der Waals surface area contributed by atoms with Gasteiger partial charge < -0.3 is 11.1 Å². The summed E-state index contributed by atoms with van der Waals surface area (Å²) in [6.07, 6.45) is 8.64. The summed E-state index contributed by atoms with van der Waals surface area (Å²) >= 11 is 0. The molecule has 0 heterocycles. The van der Waals surface area contributed by atoms with Gasteiger partial charge in [0.15, 0.2) is 0 Å². The lowest BCUT2D eigenvalue weighted by Gasteiger charge is -2.27. The van der Waals surface area contributed by atoms with Gasteiger partial charge in [-0.25, -0.2) is 0 Å². The van der Waals surface area contributed by atoms with Crippen LogP contribution in [0.4, 0.5) is 0 Å². The Bertz CT molecular complexity index is 220. The first kappa shape index (κ1) is 13.5. The van der Waals surface area contributed by atoms with Gasteiger partial charge in [-0.15, -0.1) is 0 Å². The Balaban J connectivity index is 2.15. The van der Waals surface area contributed by atoms with Gasteiger partial charge in [0.2, 0.25) is 5.91 Å². The maximum atomic E-state index is 10.9. The van der Waals surface area contributed by atoms with Crippen LogP contribution in [0, 0.1) is 5.92 Å². The molecule has 0 saturated heterocycles. The highest BCUT2D eigenvalue weighted by atomic mass is 16.1. The Hall–Kier alpha value is -0.570. The van der Waals surface area contributed by atoms with E-state index in [-0.39, 0.29) is 11.4 Å². The predicted molar refractivity (Wildman–Crippen MR) is 67.1 cm³/mol. The molecule has 1 fully saturated rings. The van der Waals surface area contributed by atoms with Gasteiger partial charge in [0.1, 0.15) is 0 Å². The van der Waals surface area contributed by atoms with Crippen LogP contribution < -0.4 is 11.1 Å². The van der Waals surface area contributed by atoms with Crippen molar-refractivity contribution in [3.05, 3.63) is 0 Å². The minimum absolute atomic E-state index is 0.152. The zero-order valence-electron chi connectivity index (χ0n) is 10.7. The normalized spacial score (nSPS) is 18.6. The van der Waals surface area contributed by atoms with E-state index < -0.39 is 0 Å². The molecule has 1 aliphatic rings. The van der Waals surface area contributed by atoms with Gasteiger partial charge in [0.05, 0.1) is 0 Å². The Morgan fingerprint density at radius 1 is 1.31 bits per heavy atom. The number of nitrogens with one attached hydrogen (secondary N) is 1. The second kappa shape index (κ2) is 6.24. The number of primary amides is 1. The molecule has 0 unspecified atom stereocenters. The molecule has 94 valence electrons. The number of nitrogens with two attached hydrogens (primary N) is 1. The quantitative estimate of drug-likeness (QED) is 0.729. The van der Waals surface area contributed by atoms with E-state index in [1.807, 2.05) is 13.8 Å². The van der Waals surface area contributed by atoms with E-state index in [0.717, 1.165) is 12.5 Å². The average molecular weight is 226 g/mol. The monoisotopic (exact) mass is 226 g/mol. The number of amides is 1. The topological polar surface area (TPSA) is 55.1 Å². The van der Waals surface area contributed by atoms with Crippen LogP contribution in [0.5, 0.6) is 0 Å². The van der Waals surface area contributed by atoms with Crippen LogP contribution in [-0.2, 0) is 4.79 Å². The number of hydrogen-bond donors (Lipinski definition) is 2. The average Bonchev–Trinajstić information content (AvgIpc) is 2.16. The van der Waals surface area contributed by atoms with Crippen molar-refractivity contribution in [2.75, 3.05) is 6.54 Å². The van der Waals surface area contributed by atoms with E-state index in [9.17, 15) is 4.79 Å². The molecule has 3 nitrogen and oxygen atoms in total. The lowest BCUT2D eigenvalue weighted by molar-refractivity contribution is -0.119. The fourth-order valence-electron chi connectivity index (χ4n) is 2.59. The Labute approximate surface area is 99.2 Å². The fraction of sp³-hybridized carbons (Fsp3) is 0.923. The predicted octanol–water partition coefficient (Wildman–Crippen LogP) is 2.20. The summed E-state index contributed by atoms with van der Waals surface area (Å²) in [6, 6.07) is 0. The van der Waals surface area contributed by atoms with Crippen molar-refractivity contribution in [1.29, 1.82) is 0 Å². The summed E-state index contributed by atoms with van der Waals surface area (Å²) in [4.78, 5) is 10.9. The summed E-state index contributed by atoms with van der Waals surface area (Å²) in [5.41, 5.74) is 5.06. The van der Waals surface area contributed by atoms with Gasteiger partial charge in [-0.05, 0) is 32.7 Å². The largest absolute Gasteiger partial charge is 0.370 e. The Morgan fingerprint density at radius 3 is 2.50 bits per heavy atom. The van der Waals surface area contributed by atoms with Crippen molar-refractivity contribution in [3.63, 3.8) is 0 Å². The minimum atomic E-state index is -0.227. The molecule has 0 aromatic rings. The summed E-state index contributed by atoms with van der Waals surface area (Å²) in [6.45, 7) is 5.09. The van der Waals surface area contributed by atoms with Crippen LogP contribution in [0.2, 0.25) is 0 Å². The number of carbonyl (C=O) groups excluding carboxylic acids is 1. The number of carbonyl (C=O) groups is 1.